The maximum Gasteiger partial charge on any atom is 0.255 e. The molecule has 0 aliphatic heterocycles. The van der Waals surface area contributed by atoms with E-state index in [1.165, 1.54) is 0 Å². The summed E-state index contributed by atoms with van der Waals surface area (Å²) in [4.78, 5) is 26.4. The number of fused-ring (bicyclic) bond motifs is 1. The predicted octanol–water partition coefficient (Wildman–Crippen LogP) is 5.08. The molecule has 0 aliphatic carbocycles. The Kier molecular flexibility index (Phi) is 6.40. The number of benzene rings is 3. The molecule has 33 heavy (non-hydrogen) atoms. The summed E-state index contributed by atoms with van der Waals surface area (Å²) in [5.41, 5.74) is 4.92. The summed E-state index contributed by atoms with van der Waals surface area (Å²) in [6.07, 6.45) is 3.09. The molecule has 0 unspecified atom stereocenters. The Balaban J connectivity index is 1.47. The predicted molar refractivity (Wildman–Crippen MR) is 133 cm³/mol. The topological polar surface area (TPSA) is 79.3 Å². The van der Waals surface area contributed by atoms with Gasteiger partial charge in [0.1, 0.15) is 0 Å². The molecule has 0 aliphatic rings. The highest BCUT2D eigenvalue weighted by Gasteiger charge is 2.10. The monoisotopic (exact) mass is 441 g/mol. The van der Waals surface area contributed by atoms with Crippen molar-refractivity contribution in [3.8, 4) is 5.69 Å². The maximum absolute atomic E-state index is 12.6. The van der Waals surface area contributed by atoms with Crippen molar-refractivity contribution in [2.45, 2.75) is 19.8 Å². The van der Waals surface area contributed by atoms with Crippen LogP contribution in [0.15, 0.2) is 72.9 Å². The van der Waals surface area contributed by atoms with Gasteiger partial charge in [-0.15, -0.1) is 0 Å². The summed E-state index contributed by atoms with van der Waals surface area (Å²) in [7, 11) is 3.92. The van der Waals surface area contributed by atoms with E-state index >= 15 is 0 Å². The Morgan fingerprint density at radius 3 is 2.27 bits per heavy atom. The molecule has 0 saturated heterocycles. The number of amides is 2. The summed E-state index contributed by atoms with van der Waals surface area (Å²) < 4.78 is 1.83. The van der Waals surface area contributed by atoms with Crippen LogP contribution in [0.3, 0.4) is 0 Å². The summed E-state index contributed by atoms with van der Waals surface area (Å²) in [5.74, 6) is -0.147. The van der Waals surface area contributed by atoms with Gasteiger partial charge in [-0.25, -0.2) is 4.68 Å². The van der Waals surface area contributed by atoms with Gasteiger partial charge in [-0.05, 0) is 73.2 Å². The van der Waals surface area contributed by atoms with E-state index in [0.29, 0.717) is 17.7 Å². The van der Waals surface area contributed by atoms with E-state index in [-0.39, 0.29) is 11.8 Å². The molecule has 1 aromatic heterocycles. The molecule has 0 spiro atoms. The Morgan fingerprint density at radius 2 is 1.61 bits per heavy atom. The van der Waals surface area contributed by atoms with Crippen LogP contribution in [0.5, 0.6) is 0 Å². The minimum atomic E-state index is -0.157. The van der Waals surface area contributed by atoms with Crippen LogP contribution in [-0.4, -0.2) is 35.7 Å². The summed E-state index contributed by atoms with van der Waals surface area (Å²) in [5, 5.41) is 11.3. The minimum Gasteiger partial charge on any atom is -0.378 e. The number of anilines is 3. The Morgan fingerprint density at radius 1 is 0.909 bits per heavy atom. The lowest BCUT2D eigenvalue weighted by Crippen LogP contribution is -2.13. The smallest absolute Gasteiger partial charge is 0.255 e. The van der Waals surface area contributed by atoms with E-state index in [1.54, 1.807) is 6.20 Å². The van der Waals surface area contributed by atoms with Crippen molar-refractivity contribution in [1.82, 2.24) is 9.78 Å². The zero-order valence-electron chi connectivity index (χ0n) is 19.0. The average molecular weight is 442 g/mol. The SMILES string of the molecule is CCCC(=O)Nc1ccc2c(cnn2-c2ccc(NC(=O)c3ccc(N(C)C)cc3)cc2)c1. The quantitative estimate of drug-likeness (QED) is 0.419. The number of carbonyl (C=O) groups is 2. The van der Waals surface area contributed by atoms with Crippen LogP contribution in [-0.2, 0) is 4.79 Å². The zero-order valence-corrected chi connectivity index (χ0v) is 19.0. The van der Waals surface area contributed by atoms with E-state index in [2.05, 4.69) is 15.7 Å². The molecule has 1 heterocycles. The second-order valence-corrected chi connectivity index (χ2v) is 8.07. The number of nitrogens with one attached hydrogen (secondary N) is 2. The lowest BCUT2D eigenvalue weighted by molar-refractivity contribution is -0.116. The fraction of sp³-hybridized carbons (Fsp3) is 0.192. The van der Waals surface area contributed by atoms with Gasteiger partial charge in [0.2, 0.25) is 5.91 Å². The first kappa shape index (κ1) is 22.1. The number of nitrogens with zero attached hydrogens (tertiary/aromatic N) is 3. The average Bonchev–Trinajstić information content (AvgIpc) is 3.23. The van der Waals surface area contributed by atoms with Crippen molar-refractivity contribution >= 4 is 39.8 Å². The fourth-order valence-electron chi connectivity index (χ4n) is 3.57. The maximum atomic E-state index is 12.6. The van der Waals surface area contributed by atoms with Crippen molar-refractivity contribution in [2.24, 2.45) is 0 Å². The normalized spacial score (nSPS) is 10.8. The highest BCUT2D eigenvalue weighted by molar-refractivity contribution is 6.04. The van der Waals surface area contributed by atoms with Crippen LogP contribution in [0.4, 0.5) is 17.1 Å². The van der Waals surface area contributed by atoms with E-state index in [4.69, 9.17) is 0 Å². The van der Waals surface area contributed by atoms with Gasteiger partial charge in [0, 0.05) is 48.5 Å². The largest absolute Gasteiger partial charge is 0.378 e. The highest BCUT2D eigenvalue weighted by atomic mass is 16.2. The van der Waals surface area contributed by atoms with Crippen LogP contribution < -0.4 is 15.5 Å². The Bertz CT molecular complexity index is 1270. The van der Waals surface area contributed by atoms with E-state index in [1.807, 2.05) is 97.3 Å². The minimum absolute atomic E-state index is 0.00974. The third kappa shape index (κ3) is 5.03. The van der Waals surface area contributed by atoms with Gasteiger partial charge in [0.15, 0.2) is 0 Å². The van der Waals surface area contributed by atoms with Gasteiger partial charge in [-0.2, -0.15) is 5.10 Å². The molecule has 168 valence electrons. The first-order valence-electron chi connectivity index (χ1n) is 10.9. The van der Waals surface area contributed by atoms with E-state index < -0.39 is 0 Å². The van der Waals surface area contributed by atoms with Gasteiger partial charge in [0.25, 0.3) is 5.91 Å². The molecular weight excluding hydrogens is 414 g/mol. The zero-order chi connectivity index (χ0) is 23.4. The van der Waals surface area contributed by atoms with Crippen LogP contribution in [0.1, 0.15) is 30.1 Å². The van der Waals surface area contributed by atoms with Crippen molar-refractivity contribution in [3.63, 3.8) is 0 Å². The summed E-state index contributed by atoms with van der Waals surface area (Å²) in [6.45, 7) is 1.98. The first-order chi connectivity index (χ1) is 15.9. The molecule has 0 saturated carbocycles. The number of hydrogen-bond donors (Lipinski definition) is 2. The first-order valence-corrected chi connectivity index (χ1v) is 10.9. The van der Waals surface area contributed by atoms with Crippen LogP contribution in [0.2, 0.25) is 0 Å². The van der Waals surface area contributed by atoms with Gasteiger partial charge < -0.3 is 15.5 Å². The molecule has 4 rings (SSSR count). The lowest BCUT2D eigenvalue weighted by Gasteiger charge is -2.13. The highest BCUT2D eigenvalue weighted by Crippen LogP contribution is 2.23. The number of rotatable bonds is 7. The summed E-state index contributed by atoms with van der Waals surface area (Å²) >= 11 is 0. The molecule has 0 atom stereocenters. The fourth-order valence-corrected chi connectivity index (χ4v) is 3.57. The van der Waals surface area contributed by atoms with E-state index in [0.717, 1.165) is 34.4 Å². The standard InChI is InChI=1S/C26H27N5O2/c1-4-5-25(32)28-21-10-15-24-19(16-21)17-27-31(24)23-13-8-20(9-14-23)29-26(33)18-6-11-22(12-7-18)30(2)3/h6-17H,4-5H2,1-3H3,(H,28,32)(H,29,33). The molecule has 7 nitrogen and oxygen atoms in total. The van der Waals surface area contributed by atoms with E-state index in [9.17, 15) is 9.59 Å². The molecular formula is C26H27N5O2. The third-order valence-electron chi connectivity index (χ3n) is 5.34. The molecule has 2 amide bonds. The van der Waals surface area contributed by atoms with Crippen molar-refractivity contribution in [2.75, 3.05) is 29.6 Å². The van der Waals surface area contributed by atoms with Crippen LogP contribution >= 0.6 is 0 Å². The molecule has 4 aromatic rings. The van der Waals surface area contributed by atoms with Crippen molar-refractivity contribution in [3.05, 3.63) is 78.5 Å². The molecule has 2 N–H and O–H groups in total. The number of hydrogen-bond acceptors (Lipinski definition) is 4. The second-order valence-electron chi connectivity index (χ2n) is 8.07. The Hall–Kier alpha value is -4.13. The second kappa shape index (κ2) is 9.56. The molecule has 7 heteroatoms. The van der Waals surface area contributed by atoms with Gasteiger partial charge in [-0.1, -0.05) is 6.92 Å². The van der Waals surface area contributed by atoms with Crippen LogP contribution in [0, 0.1) is 0 Å². The van der Waals surface area contributed by atoms with Crippen molar-refractivity contribution in [1.29, 1.82) is 0 Å². The van der Waals surface area contributed by atoms with Gasteiger partial charge >= 0.3 is 0 Å². The molecule has 3 aromatic carbocycles. The third-order valence-corrected chi connectivity index (χ3v) is 5.34. The molecule has 0 fully saturated rings. The number of aromatic nitrogens is 2. The Labute approximate surface area is 193 Å². The number of carbonyl (C=O) groups excluding carboxylic acids is 2. The molecule has 0 radical (unpaired) electrons. The molecule has 0 bridgehead atoms. The lowest BCUT2D eigenvalue weighted by atomic mass is 10.2. The van der Waals surface area contributed by atoms with Crippen molar-refractivity contribution < 1.29 is 9.59 Å². The van der Waals surface area contributed by atoms with Gasteiger partial charge in [-0.3, -0.25) is 9.59 Å². The summed E-state index contributed by atoms with van der Waals surface area (Å²) in [6, 6.07) is 20.7. The van der Waals surface area contributed by atoms with Gasteiger partial charge in [0.05, 0.1) is 17.4 Å². The van der Waals surface area contributed by atoms with Crippen LogP contribution in [0.25, 0.3) is 16.6 Å².